The normalized spacial score (nSPS) is 10.3. The zero-order valence-electron chi connectivity index (χ0n) is 11.3. The molecular weight excluding hydrogens is 765 g/mol. The molecule has 0 fully saturated rings. The number of benzene rings is 2. The summed E-state index contributed by atoms with van der Waals surface area (Å²) >= 11 is 22.8. The molecule has 0 heterocycles. The van der Waals surface area contributed by atoms with E-state index in [4.69, 9.17) is 0 Å². The highest BCUT2D eigenvalue weighted by Crippen LogP contribution is 2.39. The minimum atomic E-state index is -0.481. The highest BCUT2D eigenvalue weighted by molar-refractivity contribution is 9.15. The topological polar surface area (TPSA) is 0 Å². The van der Waals surface area contributed by atoms with E-state index in [1.54, 1.807) is 12.1 Å². The third-order valence-corrected chi connectivity index (χ3v) is 10.2. The van der Waals surface area contributed by atoms with Crippen molar-refractivity contribution in [1.29, 1.82) is 0 Å². The monoisotopic (exact) mass is 765 g/mol. The molecule has 0 atom stereocenters. The fraction of sp³-hybridized carbons (Fsp3) is 0.143. The summed E-state index contributed by atoms with van der Waals surface area (Å²) in [5.74, 6) is -0.275. The van der Waals surface area contributed by atoms with Crippen molar-refractivity contribution in [3.63, 3.8) is 0 Å². The summed E-state index contributed by atoms with van der Waals surface area (Å²) in [6.07, 6.45) is 0. The lowest BCUT2D eigenvalue weighted by atomic mass is 10.2. The molecule has 0 aromatic heterocycles. The van der Waals surface area contributed by atoms with Gasteiger partial charge in [0, 0.05) is 22.4 Å². The molecule has 0 aliphatic rings. The average Bonchev–Trinajstić information content (AvgIpc) is 2.53. The Kier molecular flexibility index (Phi) is 9.98. The Labute approximate surface area is 192 Å². The van der Waals surface area contributed by atoms with Crippen LogP contribution in [0.25, 0.3) is 0 Å². The molecule has 0 amide bonds. The van der Waals surface area contributed by atoms with Crippen LogP contribution in [0.15, 0.2) is 43.4 Å². The first-order valence-electron chi connectivity index (χ1n) is 5.79. The van der Waals surface area contributed by atoms with E-state index >= 15 is 0 Å². The molecule has 0 N–H and O–H groups in total. The fourth-order valence-corrected chi connectivity index (χ4v) is 5.24. The summed E-state index contributed by atoms with van der Waals surface area (Å²) in [5.41, 5.74) is 1.61. The lowest BCUT2D eigenvalue weighted by Gasteiger charge is -2.06. The summed E-state index contributed by atoms with van der Waals surface area (Å²) < 4.78 is 30.4. The van der Waals surface area contributed by atoms with Gasteiger partial charge in [0.25, 0.3) is 0 Å². The maximum atomic E-state index is 13.0. The molecule has 0 radical (unpaired) electrons. The van der Waals surface area contributed by atoms with Gasteiger partial charge in [-0.3, -0.25) is 0 Å². The smallest absolute Gasteiger partial charge is 0.152 e. The molecule has 0 bridgehead atoms. The Morgan fingerprint density at radius 3 is 1.83 bits per heavy atom. The molecule has 0 nitrogen and oxygen atoms in total. The number of rotatable bonds is 1. The summed E-state index contributed by atoms with van der Waals surface area (Å²) in [7, 11) is 0. The van der Waals surface area contributed by atoms with Gasteiger partial charge in [-0.05, 0) is 142 Å². The van der Waals surface area contributed by atoms with Crippen LogP contribution in [-0.2, 0) is 6.67 Å². The molecular formula is C14H7Br7F2. The van der Waals surface area contributed by atoms with E-state index in [0.29, 0.717) is 14.5 Å². The van der Waals surface area contributed by atoms with Crippen LogP contribution < -0.4 is 0 Å². The van der Waals surface area contributed by atoms with E-state index in [9.17, 15) is 8.78 Å². The van der Waals surface area contributed by atoms with Crippen LogP contribution in [0.3, 0.4) is 0 Å². The van der Waals surface area contributed by atoms with Crippen molar-refractivity contribution < 1.29 is 8.78 Å². The minimum absolute atomic E-state index is 0.275. The first-order chi connectivity index (χ1) is 10.6. The number of alkyl halides is 1. The molecule has 0 saturated carbocycles. The van der Waals surface area contributed by atoms with Crippen molar-refractivity contribution >= 4 is 112 Å². The lowest BCUT2D eigenvalue weighted by Crippen LogP contribution is -1.85. The molecule has 2 rings (SSSR count). The van der Waals surface area contributed by atoms with Gasteiger partial charge >= 0.3 is 0 Å². The van der Waals surface area contributed by atoms with Crippen LogP contribution in [0.4, 0.5) is 8.78 Å². The van der Waals surface area contributed by atoms with Gasteiger partial charge in [0.15, 0.2) is 5.82 Å². The number of hydrogen-bond acceptors (Lipinski definition) is 0. The largest absolute Gasteiger partial charge is 0.246 e. The SMILES string of the molecule is Cc1cc(Br)c(F)c(Br)c1Br.FCc1cc(Br)c(Br)c(Br)c1Br. The number of halogens is 9. The standard InChI is InChI=1S/C7H3Br4F.C7H4Br3F/c8-4-1-3(2-12)5(9)7(11)6(4)10;1-3-2-4(8)7(11)6(10)5(3)9/h1H,2H2;2H,1H3. The van der Waals surface area contributed by atoms with Crippen LogP contribution in [0, 0.1) is 12.7 Å². The summed E-state index contributed by atoms with van der Waals surface area (Å²) in [6, 6.07) is 3.46. The number of hydrogen-bond donors (Lipinski definition) is 0. The Morgan fingerprint density at radius 2 is 1.30 bits per heavy atom. The molecule has 9 heteroatoms. The van der Waals surface area contributed by atoms with E-state index in [1.807, 2.05) is 6.92 Å². The second-order valence-electron chi connectivity index (χ2n) is 4.21. The van der Waals surface area contributed by atoms with E-state index in [1.165, 1.54) is 0 Å². The van der Waals surface area contributed by atoms with Gasteiger partial charge in [-0.25, -0.2) is 8.78 Å². The van der Waals surface area contributed by atoms with Gasteiger partial charge < -0.3 is 0 Å². The van der Waals surface area contributed by atoms with Gasteiger partial charge in [0.2, 0.25) is 0 Å². The molecule has 0 aliphatic heterocycles. The van der Waals surface area contributed by atoms with E-state index in [2.05, 4.69) is 112 Å². The molecule has 2 aromatic rings. The molecule has 2 aromatic carbocycles. The first kappa shape index (κ1) is 22.7. The molecule has 0 saturated heterocycles. The van der Waals surface area contributed by atoms with E-state index in [-0.39, 0.29) is 5.82 Å². The summed E-state index contributed by atoms with van der Waals surface area (Å²) in [6.45, 7) is 1.42. The van der Waals surface area contributed by atoms with Crippen molar-refractivity contribution in [3.05, 3.63) is 60.4 Å². The van der Waals surface area contributed by atoms with Gasteiger partial charge in [0.1, 0.15) is 6.67 Å². The molecule has 0 spiro atoms. The molecule has 126 valence electrons. The van der Waals surface area contributed by atoms with Crippen molar-refractivity contribution in [3.8, 4) is 0 Å². The fourth-order valence-electron chi connectivity index (χ4n) is 1.41. The number of aryl methyl sites for hydroxylation is 1. The van der Waals surface area contributed by atoms with Gasteiger partial charge in [-0.2, -0.15) is 0 Å². The van der Waals surface area contributed by atoms with Crippen LogP contribution in [0.5, 0.6) is 0 Å². The predicted octanol–water partition coefficient (Wildman–Crippen LogP) is 9.63. The molecule has 0 aliphatic carbocycles. The quantitative estimate of drug-likeness (QED) is 0.200. The first-order valence-corrected chi connectivity index (χ1v) is 11.3. The lowest BCUT2D eigenvalue weighted by molar-refractivity contribution is 0.483. The van der Waals surface area contributed by atoms with Crippen molar-refractivity contribution in [2.75, 3.05) is 0 Å². The van der Waals surface area contributed by atoms with Gasteiger partial charge in [0.05, 0.1) is 8.95 Å². The minimum Gasteiger partial charge on any atom is -0.246 e. The van der Waals surface area contributed by atoms with Gasteiger partial charge in [-0.1, -0.05) is 0 Å². The highest BCUT2D eigenvalue weighted by Gasteiger charge is 2.11. The van der Waals surface area contributed by atoms with Crippen molar-refractivity contribution in [2.24, 2.45) is 0 Å². The summed E-state index contributed by atoms with van der Waals surface area (Å²) in [4.78, 5) is 0. The Bertz CT molecular complexity index is 706. The van der Waals surface area contributed by atoms with Gasteiger partial charge in [-0.15, -0.1) is 0 Å². The van der Waals surface area contributed by atoms with Crippen LogP contribution in [0.2, 0.25) is 0 Å². The Balaban J connectivity index is 0.000000231. The summed E-state index contributed by atoms with van der Waals surface area (Å²) in [5, 5.41) is 0. The van der Waals surface area contributed by atoms with Crippen LogP contribution in [-0.4, -0.2) is 0 Å². The molecule has 23 heavy (non-hydrogen) atoms. The Morgan fingerprint density at radius 1 is 0.739 bits per heavy atom. The van der Waals surface area contributed by atoms with E-state index < -0.39 is 6.67 Å². The van der Waals surface area contributed by atoms with Crippen molar-refractivity contribution in [1.82, 2.24) is 0 Å². The zero-order valence-corrected chi connectivity index (χ0v) is 22.4. The zero-order chi connectivity index (χ0) is 17.9. The van der Waals surface area contributed by atoms with Crippen LogP contribution >= 0.6 is 112 Å². The third kappa shape index (κ3) is 5.82. The van der Waals surface area contributed by atoms with E-state index in [0.717, 1.165) is 27.9 Å². The average molecular weight is 773 g/mol. The highest BCUT2D eigenvalue weighted by atomic mass is 79.9. The maximum Gasteiger partial charge on any atom is 0.152 e. The van der Waals surface area contributed by atoms with Crippen LogP contribution in [0.1, 0.15) is 11.1 Å². The maximum absolute atomic E-state index is 13.0. The molecule has 0 unspecified atom stereocenters. The Hall–Kier alpha value is 1.66. The second-order valence-corrected chi connectivity index (χ2v) is 9.88. The predicted molar refractivity (Wildman–Crippen MR) is 116 cm³/mol. The second kappa shape index (κ2) is 10.1. The third-order valence-electron chi connectivity index (χ3n) is 2.61. The van der Waals surface area contributed by atoms with Crippen molar-refractivity contribution in [2.45, 2.75) is 13.6 Å².